The van der Waals surface area contributed by atoms with Crippen LogP contribution in [0.2, 0.25) is 0 Å². The van der Waals surface area contributed by atoms with Gasteiger partial charge in [-0.05, 0) is 34.1 Å². The molecule has 104 valence electrons. The summed E-state index contributed by atoms with van der Waals surface area (Å²) < 4.78 is 0.690. The lowest BCUT2D eigenvalue weighted by atomic mass is 10.2. The minimum Gasteiger partial charge on any atom is -0.349 e. The standard InChI is InChI=1S/C13H13BrN4O2/c14-11-4-2-1-3-10(11)13(20)16-8-12(19)15-7-9-5-6-17-18-9/h1-6H,7-8H2,(H,15,19)(H,16,20)(H,17,18). The van der Waals surface area contributed by atoms with Crippen molar-refractivity contribution in [3.8, 4) is 0 Å². The molecular formula is C13H13BrN4O2. The van der Waals surface area contributed by atoms with Gasteiger partial charge in [0.15, 0.2) is 0 Å². The molecule has 0 fully saturated rings. The van der Waals surface area contributed by atoms with Gasteiger partial charge in [-0.2, -0.15) is 5.10 Å². The maximum absolute atomic E-state index is 11.9. The number of hydrogen-bond acceptors (Lipinski definition) is 3. The number of aromatic amines is 1. The second kappa shape index (κ2) is 6.85. The first-order valence-corrected chi connectivity index (χ1v) is 6.74. The summed E-state index contributed by atoms with van der Waals surface area (Å²) in [7, 11) is 0. The molecule has 1 aromatic heterocycles. The molecule has 1 heterocycles. The zero-order valence-electron chi connectivity index (χ0n) is 10.5. The quantitative estimate of drug-likeness (QED) is 0.767. The zero-order valence-corrected chi connectivity index (χ0v) is 12.1. The van der Waals surface area contributed by atoms with E-state index in [9.17, 15) is 9.59 Å². The summed E-state index contributed by atoms with van der Waals surface area (Å²) in [6.45, 7) is 0.276. The van der Waals surface area contributed by atoms with Gasteiger partial charge in [-0.3, -0.25) is 14.7 Å². The first kappa shape index (κ1) is 14.3. The summed E-state index contributed by atoms with van der Waals surface area (Å²) in [5.74, 6) is -0.561. The van der Waals surface area contributed by atoms with E-state index < -0.39 is 0 Å². The monoisotopic (exact) mass is 336 g/mol. The number of rotatable bonds is 5. The molecule has 0 atom stereocenters. The zero-order chi connectivity index (χ0) is 14.4. The number of carbonyl (C=O) groups is 2. The minimum absolute atomic E-state index is 0.0751. The van der Waals surface area contributed by atoms with E-state index in [1.165, 1.54) is 0 Å². The fourth-order valence-electron chi connectivity index (χ4n) is 1.54. The molecule has 0 saturated heterocycles. The molecule has 2 aromatic rings. The first-order valence-electron chi connectivity index (χ1n) is 5.94. The van der Waals surface area contributed by atoms with E-state index >= 15 is 0 Å². The summed E-state index contributed by atoms with van der Waals surface area (Å²) in [6.07, 6.45) is 1.61. The summed E-state index contributed by atoms with van der Waals surface area (Å²) in [6, 6.07) is 8.80. The van der Waals surface area contributed by atoms with Crippen molar-refractivity contribution >= 4 is 27.7 Å². The molecule has 0 saturated carbocycles. The number of hydrogen-bond donors (Lipinski definition) is 3. The molecule has 0 aliphatic rings. The first-order chi connectivity index (χ1) is 9.66. The largest absolute Gasteiger partial charge is 0.349 e. The summed E-state index contributed by atoms with van der Waals surface area (Å²) >= 11 is 3.29. The highest BCUT2D eigenvalue weighted by Crippen LogP contribution is 2.15. The van der Waals surface area contributed by atoms with E-state index in [4.69, 9.17) is 0 Å². The lowest BCUT2D eigenvalue weighted by Crippen LogP contribution is -2.36. The summed E-state index contributed by atoms with van der Waals surface area (Å²) in [5.41, 5.74) is 1.30. The van der Waals surface area contributed by atoms with Gasteiger partial charge in [0.05, 0.1) is 24.3 Å². The lowest BCUT2D eigenvalue weighted by Gasteiger charge is -2.07. The number of nitrogens with one attached hydrogen (secondary N) is 3. The molecule has 2 rings (SSSR count). The normalized spacial score (nSPS) is 10.1. The number of carbonyl (C=O) groups excluding carboxylic acids is 2. The average molecular weight is 337 g/mol. The van der Waals surface area contributed by atoms with Crippen molar-refractivity contribution < 1.29 is 9.59 Å². The van der Waals surface area contributed by atoms with Crippen LogP contribution in [0.15, 0.2) is 41.0 Å². The van der Waals surface area contributed by atoms with E-state index in [1.54, 1.807) is 30.5 Å². The van der Waals surface area contributed by atoms with Crippen LogP contribution in [0.25, 0.3) is 0 Å². The topological polar surface area (TPSA) is 86.9 Å². The Morgan fingerprint density at radius 3 is 2.70 bits per heavy atom. The molecule has 20 heavy (non-hydrogen) atoms. The molecule has 3 N–H and O–H groups in total. The van der Waals surface area contributed by atoms with Crippen molar-refractivity contribution in [3.63, 3.8) is 0 Å². The molecule has 1 aromatic carbocycles. The Hall–Kier alpha value is -2.15. The molecule has 0 aliphatic heterocycles. The molecule has 0 radical (unpaired) electrons. The third kappa shape index (κ3) is 3.92. The number of halogens is 1. The summed E-state index contributed by atoms with van der Waals surface area (Å²) in [5, 5.41) is 11.7. The van der Waals surface area contributed by atoms with Crippen LogP contribution < -0.4 is 10.6 Å². The fourth-order valence-corrected chi connectivity index (χ4v) is 2.01. The van der Waals surface area contributed by atoms with E-state index in [2.05, 4.69) is 36.8 Å². The molecule has 7 heteroatoms. The molecule has 0 spiro atoms. The van der Waals surface area contributed by atoms with Gasteiger partial charge in [-0.25, -0.2) is 0 Å². The van der Waals surface area contributed by atoms with Gasteiger partial charge in [0, 0.05) is 10.7 Å². The van der Waals surface area contributed by atoms with Gasteiger partial charge in [0.1, 0.15) is 0 Å². The third-order valence-electron chi connectivity index (χ3n) is 2.56. The fraction of sp³-hybridized carbons (Fsp3) is 0.154. The van der Waals surface area contributed by atoms with Crippen LogP contribution in [0.1, 0.15) is 16.1 Å². The lowest BCUT2D eigenvalue weighted by molar-refractivity contribution is -0.120. The van der Waals surface area contributed by atoms with Crippen molar-refractivity contribution in [3.05, 3.63) is 52.3 Å². The van der Waals surface area contributed by atoms with E-state index in [0.29, 0.717) is 16.6 Å². The Kier molecular flexibility index (Phi) is 4.89. The van der Waals surface area contributed by atoms with Gasteiger partial charge < -0.3 is 10.6 Å². The number of benzene rings is 1. The molecule has 2 amide bonds. The van der Waals surface area contributed by atoms with Crippen molar-refractivity contribution in [2.24, 2.45) is 0 Å². The molecule has 0 unspecified atom stereocenters. The van der Waals surface area contributed by atoms with Gasteiger partial charge in [-0.15, -0.1) is 0 Å². The highest BCUT2D eigenvalue weighted by Gasteiger charge is 2.10. The van der Waals surface area contributed by atoms with Gasteiger partial charge >= 0.3 is 0 Å². The van der Waals surface area contributed by atoms with Gasteiger partial charge in [0.2, 0.25) is 5.91 Å². The van der Waals surface area contributed by atoms with Gasteiger partial charge in [0.25, 0.3) is 5.91 Å². The number of H-pyrrole nitrogens is 1. The average Bonchev–Trinajstić information content (AvgIpc) is 2.96. The predicted octanol–water partition coefficient (Wildman–Crippen LogP) is 1.22. The molecule has 6 nitrogen and oxygen atoms in total. The van der Waals surface area contributed by atoms with Crippen LogP contribution in [0.4, 0.5) is 0 Å². The Bertz CT molecular complexity index is 598. The number of aromatic nitrogens is 2. The van der Waals surface area contributed by atoms with E-state index in [-0.39, 0.29) is 18.4 Å². The Morgan fingerprint density at radius 1 is 1.20 bits per heavy atom. The highest BCUT2D eigenvalue weighted by atomic mass is 79.9. The van der Waals surface area contributed by atoms with Crippen LogP contribution in [-0.2, 0) is 11.3 Å². The summed E-state index contributed by atoms with van der Waals surface area (Å²) in [4.78, 5) is 23.5. The number of amides is 2. The Labute approximate surface area is 124 Å². The van der Waals surface area contributed by atoms with Crippen molar-refractivity contribution in [1.82, 2.24) is 20.8 Å². The minimum atomic E-state index is -0.297. The second-order valence-electron chi connectivity index (χ2n) is 4.02. The van der Waals surface area contributed by atoms with Gasteiger partial charge in [-0.1, -0.05) is 12.1 Å². The maximum Gasteiger partial charge on any atom is 0.252 e. The van der Waals surface area contributed by atoms with E-state index in [1.807, 2.05) is 6.07 Å². The van der Waals surface area contributed by atoms with Crippen molar-refractivity contribution in [2.75, 3.05) is 6.54 Å². The Balaban J connectivity index is 1.78. The molecule has 0 bridgehead atoms. The van der Waals surface area contributed by atoms with Crippen LogP contribution >= 0.6 is 15.9 Å². The van der Waals surface area contributed by atoms with Crippen LogP contribution in [-0.4, -0.2) is 28.6 Å². The maximum atomic E-state index is 11.9. The van der Waals surface area contributed by atoms with Crippen LogP contribution in [0.5, 0.6) is 0 Å². The van der Waals surface area contributed by atoms with Crippen LogP contribution in [0.3, 0.4) is 0 Å². The second-order valence-corrected chi connectivity index (χ2v) is 4.88. The van der Waals surface area contributed by atoms with E-state index in [0.717, 1.165) is 5.69 Å². The third-order valence-corrected chi connectivity index (χ3v) is 3.25. The van der Waals surface area contributed by atoms with Crippen molar-refractivity contribution in [2.45, 2.75) is 6.54 Å². The molecular weight excluding hydrogens is 324 g/mol. The number of nitrogens with zero attached hydrogens (tertiary/aromatic N) is 1. The molecule has 0 aliphatic carbocycles. The van der Waals surface area contributed by atoms with Crippen molar-refractivity contribution in [1.29, 1.82) is 0 Å². The smallest absolute Gasteiger partial charge is 0.252 e. The van der Waals surface area contributed by atoms with Crippen LogP contribution in [0, 0.1) is 0 Å². The Morgan fingerprint density at radius 2 is 2.00 bits per heavy atom. The highest BCUT2D eigenvalue weighted by molar-refractivity contribution is 9.10. The SMILES string of the molecule is O=C(CNC(=O)c1ccccc1Br)NCc1ccn[nH]1. The predicted molar refractivity (Wildman–Crippen MR) is 76.9 cm³/mol.